The number of nitrogens with two attached hydrogens (primary N) is 1. The molecule has 1 saturated heterocycles. The second-order valence-corrected chi connectivity index (χ2v) is 5.03. The molecule has 1 fully saturated rings. The van der Waals surface area contributed by atoms with E-state index in [-0.39, 0.29) is 5.91 Å². The van der Waals surface area contributed by atoms with Crippen molar-refractivity contribution in [3.63, 3.8) is 0 Å². The van der Waals surface area contributed by atoms with Gasteiger partial charge in [0, 0.05) is 38.4 Å². The van der Waals surface area contributed by atoms with E-state index in [9.17, 15) is 4.79 Å². The van der Waals surface area contributed by atoms with Crippen LogP contribution < -0.4 is 10.6 Å². The summed E-state index contributed by atoms with van der Waals surface area (Å²) in [7, 11) is 0. The molecule has 0 radical (unpaired) electrons. The molecule has 3 rings (SSSR count). The lowest BCUT2D eigenvalue weighted by atomic mass is 10.2. The van der Waals surface area contributed by atoms with Crippen molar-refractivity contribution in [2.24, 2.45) is 0 Å². The van der Waals surface area contributed by atoms with Crippen molar-refractivity contribution in [1.82, 2.24) is 15.0 Å². The van der Waals surface area contributed by atoms with E-state index in [4.69, 9.17) is 10.3 Å². The Labute approximate surface area is 122 Å². The first-order chi connectivity index (χ1) is 10.1. The molecule has 0 bridgehead atoms. The Bertz CT molecular complexity index is 646. The van der Waals surface area contributed by atoms with E-state index in [2.05, 4.69) is 15.0 Å². The fourth-order valence-corrected chi connectivity index (χ4v) is 2.42. The number of hydrogen-bond acceptors (Lipinski definition) is 6. The van der Waals surface area contributed by atoms with Crippen molar-refractivity contribution < 1.29 is 9.32 Å². The Kier molecular flexibility index (Phi) is 3.47. The Hall–Kier alpha value is -2.57. The van der Waals surface area contributed by atoms with E-state index in [1.54, 1.807) is 24.1 Å². The number of carbonyl (C=O) groups is 1. The van der Waals surface area contributed by atoms with Crippen LogP contribution in [0.1, 0.15) is 16.2 Å². The fraction of sp³-hybridized carbons (Fsp3) is 0.357. The number of pyridine rings is 1. The molecule has 0 saturated carbocycles. The number of hydrogen-bond donors (Lipinski definition) is 1. The first kappa shape index (κ1) is 13.4. The van der Waals surface area contributed by atoms with Gasteiger partial charge in [-0.2, -0.15) is 0 Å². The zero-order chi connectivity index (χ0) is 14.8. The van der Waals surface area contributed by atoms with Crippen molar-refractivity contribution in [2.45, 2.75) is 6.92 Å². The molecular formula is C14H17N5O2. The van der Waals surface area contributed by atoms with Crippen LogP contribution in [-0.4, -0.2) is 47.1 Å². The van der Waals surface area contributed by atoms with E-state index >= 15 is 0 Å². The maximum atomic E-state index is 12.3. The second kappa shape index (κ2) is 5.43. The maximum absolute atomic E-state index is 12.3. The van der Waals surface area contributed by atoms with Gasteiger partial charge in [0.1, 0.15) is 0 Å². The zero-order valence-electron chi connectivity index (χ0n) is 11.8. The van der Waals surface area contributed by atoms with Crippen LogP contribution in [0.5, 0.6) is 0 Å². The van der Waals surface area contributed by atoms with Gasteiger partial charge in [-0.05, 0) is 19.1 Å². The van der Waals surface area contributed by atoms with E-state index < -0.39 is 0 Å². The minimum atomic E-state index is -0.121. The average Bonchev–Trinajstić information content (AvgIpc) is 2.94. The van der Waals surface area contributed by atoms with Crippen molar-refractivity contribution in [3.8, 4) is 0 Å². The molecule has 1 aliphatic rings. The molecule has 2 N–H and O–H groups in total. The molecule has 3 heterocycles. The number of aryl methyl sites for hydroxylation is 1. The zero-order valence-corrected chi connectivity index (χ0v) is 11.8. The SMILES string of the molecule is Cc1cc(C(=O)N2CCN(c3ncccc3N)CC2)on1. The van der Waals surface area contributed by atoms with Crippen molar-refractivity contribution in [1.29, 1.82) is 0 Å². The topological polar surface area (TPSA) is 88.5 Å². The minimum Gasteiger partial charge on any atom is -0.396 e. The molecule has 0 aromatic carbocycles. The van der Waals surface area contributed by atoms with Gasteiger partial charge in [0.25, 0.3) is 5.91 Å². The first-order valence-corrected chi connectivity index (χ1v) is 6.83. The molecule has 0 unspecified atom stereocenters. The quantitative estimate of drug-likeness (QED) is 0.883. The van der Waals surface area contributed by atoms with E-state index in [1.807, 2.05) is 12.1 Å². The largest absolute Gasteiger partial charge is 0.396 e. The van der Waals surface area contributed by atoms with Crippen LogP contribution in [0.4, 0.5) is 11.5 Å². The number of aromatic nitrogens is 2. The Morgan fingerprint density at radius 1 is 1.33 bits per heavy atom. The highest BCUT2D eigenvalue weighted by atomic mass is 16.5. The van der Waals surface area contributed by atoms with Gasteiger partial charge in [-0.1, -0.05) is 5.16 Å². The lowest BCUT2D eigenvalue weighted by Crippen LogP contribution is -2.49. The maximum Gasteiger partial charge on any atom is 0.292 e. The lowest BCUT2D eigenvalue weighted by molar-refractivity contribution is 0.0704. The highest BCUT2D eigenvalue weighted by molar-refractivity contribution is 5.91. The van der Waals surface area contributed by atoms with E-state index in [0.29, 0.717) is 43.3 Å². The normalized spacial score (nSPS) is 15.3. The molecule has 0 atom stereocenters. The van der Waals surface area contributed by atoms with Crippen LogP contribution >= 0.6 is 0 Å². The predicted octanol–water partition coefficient (Wildman–Crippen LogP) is 0.923. The summed E-state index contributed by atoms with van der Waals surface area (Å²) in [5, 5.41) is 3.75. The molecule has 0 aliphatic carbocycles. The van der Waals surface area contributed by atoms with Crippen molar-refractivity contribution in [2.75, 3.05) is 36.8 Å². The molecule has 2 aromatic heterocycles. The summed E-state index contributed by atoms with van der Waals surface area (Å²) in [4.78, 5) is 20.4. The smallest absolute Gasteiger partial charge is 0.292 e. The number of amides is 1. The Morgan fingerprint density at radius 2 is 2.10 bits per heavy atom. The number of piperazine rings is 1. The average molecular weight is 287 g/mol. The number of anilines is 2. The summed E-state index contributed by atoms with van der Waals surface area (Å²) >= 11 is 0. The lowest BCUT2D eigenvalue weighted by Gasteiger charge is -2.35. The Balaban J connectivity index is 1.65. The molecule has 110 valence electrons. The summed E-state index contributed by atoms with van der Waals surface area (Å²) in [5.74, 6) is 0.947. The van der Waals surface area contributed by atoms with Gasteiger partial charge in [0.15, 0.2) is 5.82 Å². The van der Waals surface area contributed by atoms with Crippen LogP contribution in [0.3, 0.4) is 0 Å². The van der Waals surface area contributed by atoms with Gasteiger partial charge in [0.05, 0.1) is 11.4 Å². The molecule has 21 heavy (non-hydrogen) atoms. The molecular weight excluding hydrogens is 270 g/mol. The third-order valence-corrected chi connectivity index (χ3v) is 3.52. The van der Waals surface area contributed by atoms with Crippen LogP contribution in [0, 0.1) is 6.92 Å². The highest BCUT2D eigenvalue weighted by Gasteiger charge is 2.25. The molecule has 2 aromatic rings. The number of nitrogen functional groups attached to an aromatic ring is 1. The molecule has 1 aliphatic heterocycles. The van der Waals surface area contributed by atoms with Crippen molar-refractivity contribution >= 4 is 17.4 Å². The third-order valence-electron chi connectivity index (χ3n) is 3.52. The van der Waals surface area contributed by atoms with E-state index in [1.165, 1.54) is 0 Å². The third kappa shape index (κ3) is 2.67. The standard InChI is InChI=1S/C14H17N5O2/c1-10-9-12(21-17-10)14(20)19-7-5-18(6-8-19)13-11(15)3-2-4-16-13/h2-4,9H,5-8,15H2,1H3. The van der Waals surface area contributed by atoms with Crippen molar-refractivity contribution in [3.05, 3.63) is 35.9 Å². The summed E-state index contributed by atoms with van der Waals surface area (Å²) < 4.78 is 5.02. The number of carbonyl (C=O) groups excluding carboxylic acids is 1. The van der Waals surface area contributed by atoms with Gasteiger partial charge in [0.2, 0.25) is 5.76 Å². The van der Waals surface area contributed by atoms with Gasteiger partial charge in [-0.3, -0.25) is 4.79 Å². The molecule has 1 amide bonds. The van der Waals surface area contributed by atoms with Crippen LogP contribution in [-0.2, 0) is 0 Å². The monoisotopic (exact) mass is 287 g/mol. The minimum absolute atomic E-state index is 0.121. The summed E-state index contributed by atoms with van der Waals surface area (Å²) in [5.41, 5.74) is 7.29. The summed E-state index contributed by atoms with van der Waals surface area (Å²) in [6.07, 6.45) is 1.72. The fourth-order valence-electron chi connectivity index (χ4n) is 2.42. The summed E-state index contributed by atoms with van der Waals surface area (Å²) in [6, 6.07) is 5.30. The predicted molar refractivity (Wildman–Crippen MR) is 78.0 cm³/mol. The van der Waals surface area contributed by atoms with Crippen LogP contribution in [0.15, 0.2) is 28.9 Å². The molecule has 7 heteroatoms. The second-order valence-electron chi connectivity index (χ2n) is 5.03. The first-order valence-electron chi connectivity index (χ1n) is 6.83. The highest BCUT2D eigenvalue weighted by Crippen LogP contribution is 2.21. The summed E-state index contributed by atoms with van der Waals surface area (Å²) in [6.45, 7) is 4.39. The molecule has 7 nitrogen and oxygen atoms in total. The molecule has 0 spiro atoms. The van der Waals surface area contributed by atoms with Crippen LogP contribution in [0.2, 0.25) is 0 Å². The number of nitrogens with zero attached hydrogens (tertiary/aromatic N) is 4. The van der Waals surface area contributed by atoms with Gasteiger partial charge >= 0.3 is 0 Å². The van der Waals surface area contributed by atoms with E-state index in [0.717, 1.165) is 5.82 Å². The van der Waals surface area contributed by atoms with Gasteiger partial charge in [-0.25, -0.2) is 4.98 Å². The van der Waals surface area contributed by atoms with Gasteiger partial charge in [-0.15, -0.1) is 0 Å². The van der Waals surface area contributed by atoms with Crippen LogP contribution in [0.25, 0.3) is 0 Å². The number of rotatable bonds is 2. The van der Waals surface area contributed by atoms with Gasteiger partial charge < -0.3 is 20.1 Å². The Morgan fingerprint density at radius 3 is 2.71 bits per heavy atom.